The Morgan fingerprint density at radius 2 is 2.50 bits per heavy atom. The summed E-state index contributed by atoms with van der Waals surface area (Å²) < 4.78 is 4.87. The van der Waals surface area contributed by atoms with E-state index in [1.807, 2.05) is 6.07 Å². The summed E-state index contributed by atoms with van der Waals surface area (Å²) >= 11 is 1.39. The van der Waals surface area contributed by atoms with Gasteiger partial charge < -0.3 is 10.5 Å². The van der Waals surface area contributed by atoms with Gasteiger partial charge in [-0.2, -0.15) is 5.26 Å². The van der Waals surface area contributed by atoms with E-state index >= 15 is 0 Å². The zero-order valence-electron chi connectivity index (χ0n) is 8.90. The monoisotopic (exact) mass is 239 g/mol. The Hall–Kier alpha value is -1.42. The third-order valence-electron chi connectivity index (χ3n) is 1.97. The Bertz CT molecular complexity index is 397. The van der Waals surface area contributed by atoms with Gasteiger partial charge in [-0.1, -0.05) is 0 Å². The first kappa shape index (κ1) is 12.6. The maximum Gasteiger partial charge on any atom is 0.236 e. The number of nitrogens with one attached hydrogen (secondary N) is 1. The highest BCUT2D eigenvalue weighted by Crippen LogP contribution is 2.14. The first-order chi connectivity index (χ1) is 7.67. The molecule has 0 aromatic carbocycles. The Labute approximate surface area is 97.8 Å². The van der Waals surface area contributed by atoms with Crippen LogP contribution < -0.4 is 11.1 Å². The smallest absolute Gasteiger partial charge is 0.236 e. The first-order valence-corrected chi connectivity index (χ1v) is 5.49. The maximum absolute atomic E-state index is 11.0. The lowest BCUT2D eigenvalue weighted by atomic mass is 10.3. The third-order valence-corrected chi connectivity index (χ3v) is 2.96. The molecule has 1 unspecified atom stereocenters. The molecule has 0 aliphatic rings. The molecule has 1 atom stereocenters. The van der Waals surface area contributed by atoms with E-state index in [-0.39, 0.29) is 6.61 Å². The molecular weight excluding hydrogens is 226 g/mol. The number of rotatable bonds is 6. The summed E-state index contributed by atoms with van der Waals surface area (Å²) in [6.07, 6.45) is 0. The summed E-state index contributed by atoms with van der Waals surface area (Å²) in [5.74, 6) is -0.445. The second-order valence-electron chi connectivity index (χ2n) is 3.17. The van der Waals surface area contributed by atoms with Crippen molar-refractivity contribution < 1.29 is 9.53 Å². The average Bonchev–Trinajstić information content (AvgIpc) is 2.71. The number of nitrogens with two attached hydrogens (primary N) is 1. The predicted octanol–water partition coefficient (Wildman–Crippen LogP) is 0.210. The van der Waals surface area contributed by atoms with Crippen LogP contribution in [0.4, 0.5) is 0 Å². The van der Waals surface area contributed by atoms with Crippen LogP contribution >= 0.6 is 11.3 Å². The van der Waals surface area contributed by atoms with Crippen molar-refractivity contribution >= 4 is 17.2 Å². The van der Waals surface area contributed by atoms with E-state index in [0.29, 0.717) is 11.4 Å². The molecule has 1 aromatic rings. The molecule has 0 fully saturated rings. The second-order valence-corrected chi connectivity index (χ2v) is 4.34. The molecule has 86 valence electrons. The van der Waals surface area contributed by atoms with Crippen LogP contribution in [-0.4, -0.2) is 25.7 Å². The lowest BCUT2D eigenvalue weighted by molar-refractivity contribution is -0.121. The van der Waals surface area contributed by atoms with Crippen LogP contribution in [-0.2, 0) is 16.1 Å². The maximum atomic E-state index is 11.0. The van der Waals surface area contributed by atoms with E-state index in [4.69, 9.17) is 15.7 Å². The van der Waals surface area contributed by atoms with Crippen LogP contribution in [0, 0.1) is 11.3 Å². The average molecular weight is 239 g/mol. The van der Waals surface area contributed by atoms with Gasteiger partial charge in [0.2, 0.25) is 5.91 Å². The minimum absolute atomic E-state index is 0.242. The third kappa shape index (κ3) is 3.62. The topological polar surface area (TPSA) is 88.1 Å². The van der Waals surface area contributed by atoms with Gasteiger partial charge >= 0.3 is 0 Å². The van der Waals surface area contributed by atoms with E-state index in [1.54, 1.807) is 6.07 Å². The van der Waals surface area contributed by atoms with Crippen molar-refractivity contribution in [2.75, 3.05) is 13.7 Å². The SMILES string of the molecule is COCC(NCc1ccc(C#N)s1)C(N)=O. The van der Waals surface area contributed by atoms with Gasteiger partial charge in [0.25, 0.3) is 0 Å². The van der Waals surface area contributed by atoms with Gasteiger partial charge in [0.1, 0.15) is 17.0 Å². The number of carbonyl (C=O) groups excluding carboxylic acids is 1. The van der Waals surface area contributed by atoms with Crippen molar-refractivity contribution in [3.8, 4) is 6.07 Å². The second kappa shape index (κ2) is 6.23. The number of nitriles is 1. The highest BCUT2D eigenvalue weighted by molar-refractivity contribution is 7.12. The summed E-state index contributed by atoms with van der Waals surface area (Å²) in [6.45, 7) is 0.745. The van der Waals surface area contributed by atoms with Gasteiger partial charge in [-0.25, -0.2) is 0 Å². The number of carbonyl (C=O) groups is 1. The minimum atomic E-state index is -0.502. The summed E-state index contributed by atoms with van der Waals surface area (Å²) in [4.78, 5) is 12.6. The van der Waals surface area contributed by atoms with Crippen LogP contribution in [0.25, 0.3) is 0 Å². The molecule has 1 amide bonds. The molecule has 3 N–H and O–H groups in total. The molecule has 1 rings (SSSR count). The van der Waals surface area contributed by atoms with Crippen LogP contribution in [0.3, 0.4) is 0 Å². The standard InChI is InChI=1S/C10H13N3O2S/c1-15-6-9(10(12)14)13-5-8-3-2-7(4-11)16-8/h2-3,9,13H,5-6H2,1H3,(H2,12,14). The lowest BCUT2D eigenvalue weighted by Crippen LogP contribution is -2.43. The van der Waals surface area contributed by atoms with Gasteiger partial charge in [0.05, 0.1) is 6.61 Å². The number of hydrogen-bond donors (Lipinski definition) is 2. The van der Waals surface area contributed by atoms with Crippen molar-refractivity contribution in [2.45, 2.75) is 12.6 Å². The fraction of sp³-hybridized carbons (Fsp3) is 0.400. The van der Waals surface area contributed by atoms with Gasteiger partial charge in [0, 0.05) is 18.5 Å². The normalized spacial score (nSPS) is 12.0. The van der Waals surface area contributed by atoms with E-state index in [0.717, 1.165) is 4.88 Å². The molecule has 1 aromatic heterocycles. The largest absolute Gasteiger partial charge is 0.383 e. The number of nitrogens with zero attached hydrogens (tertiary/aromatic N) is 1. The van der Waals surface area contributed by atoms with Crippen molar-refractivity contribution in [3.05, 3.63) is 21.9 Å². The Morgan fingerprint density at radius 3 is 3.00 bits per heavy atom. The van der Waals surface area contributed by atoms with E-state index in [1.165, 1.54) is 18.4 Å². The van der Waals surface area contributed by atoms with Crippen molar-refractivity contribution in [1.82, 2.24) is 5.32 Å². The molecular formula is C10H13N3O2S. The molecule has 6 heteroatoms. The highest BCUT2D eigenvalue weighted by atomic mass is 32.1. The number of methoxy groups -OCH3 is 1. The lowest BCUT2D eigenvalue weighted by Gasteiger charge is -2.13. The molecule has 0 saturated heterocycles. The molecule has 5 nitrogen and oxygen atoms in total. The van der Waals surface area contributed by atoms with Crippen LogP contribution in [0.2, 0.25) is 0 Å². The van der Waals surface area contributed by atoms with Crippen molar-refractivity contribution in [2.24, 2.45) is 5.73 Å². The fourth-order valence-corrected chi connectivity index (χ4v) is 1.92. The summed E-state index contributed by atoms with van der Waals surface area (Å²) in [5.41, 5.74) is 5.19. The quantitative estimate of drug-likeness (QED) is 0.742. The van der Waals surface area contributed by atoms with Gasteiger partial charge in [-0.15, -0.1) is 11.3 Å². The number of amides is 1. The van der Waals surface area contributed by atoms with E-state index in [2.05, 4.69) is 11.4 Å². The van der Waals surface area contributed by atoms with Crippen LogP contribution in [0.5, 0.6) is 0 Å². The van der Waals surface area contributed by atoms with E-state index in [9.17, 15) is 4.79 Å². The number of thiophene rings is 1. The number of ether oxygens (including phenoxy) is 1. The van der Waals surface area contributed by atoms with Gasteiger partial charge in [0.15, 0.2) is 0 Å². The predicted molar refractivity (Wildman–Crippen MR) is 60.7 cm³/mol. The molecule has 0 saturated carbocycles. The number of hydrogen-bond acceptors (Lipinski definition) is 5. The molecule has 16 heavy (non-hydrogen) atoms. The molecule has 0 bridgehead atoms. The number of primary amides is 1. The van der Waals surface area contributed by atoms with E-state index < -0.39 is 11.9 Å². The Kier molecular flexibility index (Phi) is 4.92. The van der Waals surface area contributed by atoms with Crippen molar-refractivity contribution in [1.29, 1.82) is 5.26 Å². The van der Waals surface area contributed by atoms with Gasteiger partial charge in [-0.3, -0.25) is 10.1 Å². The summed E-state index contributed by atoms with van der Waals surface area (Å²) in [5, 5.41) is 11.6. The molecule has 0 aliphatic heterocycles. The zero-order valence-corrected chi connectivity index (χ0v) is 9.71. The van der Waals surface area contributed by atoms with Crippen LogP contribution in [0.1, 0.15) is 9.75 Å². The Morgan fingerprint density at radius 1 is 1.75 bits per heavy atom. The molecule has 0 spiro atoms. The van der Waals surface area contributed by atoms with Gasteiger partial charge in [-0.05, 0) is 12.1 Å². The fourth-order valence-electron chi connectivity index (χ4n) is 1.17. The summed E-state index contributed by atoms with van der Waals surface area (Å²) in [6, 6.07) is 5.15. The Balaban J connectivity index is 2.49. The van der Waals surface area contributed by atoms with Crippen molar-refractivity contribution in [3.63, 3.8) is 0 Å². The highest BCUT2D eigenvalue weighted by Gasteiger charge is 2.14. The zero-order chi connectivity index (χ0) is 12.0. The minimum Gasteiger partial charge on any atom is -0.383 e. The molecule has 1 heterocycles. The van der Waals surface area contributed by atoms with Crippen LogP contribution in [0.15, 0.2) is 12.1 Å². The molecule has 0 aliphatic carbocycles. The first-order valence-electron chi connectivity index (χ1n) is 4.67. The molecule has 0 radical (unpaired) electrons. The summed E-state index contributed by atoms with van der Waals surface area (Å²) in [7, 11) is 1.51.